The summed E-state index contributed by atoms with van der Waals surface area (Å²) in [7, 11) is 0. The van der Waals surface area contributed by atoms with E-state index in [9.17, 15) is 23.5 Å². The Morgan fingerprint density at radius 2 is 1.79 bits per heavy atom. The summed E-state index contributed by atoms with van der Waals surface area (Å²) in [5.41, 5.74) is 1.31. The van der Waals surface area contributed by atoms with Gasteiger partial charge in [0.1, 0.15) is 0 Å². The lowest BCUT2D eigenvalue weighted by molar-refractivity contribution is -0.148. The highest BCUT2D eigenvalue weighted by atomic mass is 19.3. The number of alkyl halides is 2. The molecule has 1 amide bonds. The number of benzene rings is 1. The van der Waals surface area contributed by atoms with Gasteiger partial charge in [0.15, 0.2) is 0 Å². The summed E-state index contributed by atoms with van der Waals surface area (Å²) >= 11 is 0. The lowest BCUT2D eigenvalue weighted by Gasteiger charge is -2.26. The van der Waals surface area contributed by atoms with Crippen molar-refractivity contribution in [2.45, 2.75) is 102 Å². The third-order valence-corrected chi connectivity index (χ3v) is 6.72. The highest BCUT2D eigenvalue weighted by Gasteiger charge is 2.52. The molecule has 0 bridgehead atoms. The Morgan fingerprint density at radius 1 is 1.09 bits per heavy atom. The number of hydrogen-bond acceptors (Lipinski definition) is 3. The molecule has 0 aliphatic carbocycles. The van der Waals surface area contributed by atoms with Crippen molar-refractivity contribution in [3.63, 3.8) is 0 Å². The van der Waals surface area contributed by atoms with E-state index in [1.165, 1.54) is 10.5 Å². The van der Waals surface area contributed by atoms with E-state index >= 15 is 0 Å². The van der Waals surface area contributed by atoms with Gasteiger partial charge in [-0.1, -0.05) is 56.5 Å². The van der Waals surface area contributed by atoms with E-state index < -0.39 is 36.4 Å². The van der Waals surface area contributed by atoms with E-state index in [1.807, 2.05) is 25.1 Å². The van der Waals surface area contributed by atoms with E-state index in [0.29, 0.717) is 38.5 Å². The number of nitrogens with zero attached hydrogens (tertiary/aromatic N) is 1. The van der Waals surface area contributed by atoms with Gasteiger partial charge in [0, 0.05) is 25.4 Å². The normalized spacial score (nSPS) is 19.6. The van der Waals surface area contributed by atoms with Crippen molar-refractivity contribution in [1.82, 2.24) is 4.90 Å². The number of amides is 1. The Morgan fingerprint density at radius 3 is 2.48 bits per heavy atom. The molecular weight excluding hydrogens is 428 g/mol. The summed E-state index contributed by atoms with van der Waals surface area (Å²) in [4.78, 5) is 24.0. The molecule has 1 aromatic carbocycles. The second-order valence-corrected chi connectivity index (χ2v) is 9.47. The Balaban J connectivity index is 1.70. The number of aliphatic hydroxyl groups is 1. The highest BCUT2D eigenvalue weighted by Crippen LogP contribution is 2.36. The molecule has 1 aliphatic rings. The number of carbonyl (C=O) groups is 2. The zero-order valence-corrected chi connectivity index (χ0v) is 19.7. The van der Waals surface area contributed by atoms with Gasteiger partial charge < -0.3 is 15.1 Å². The first-order valence-corrected chi connectivity index (χ1v) is 12.3. The minimum Gasteiger partial charge on any atom is -0.481 e. The van der Waals surface area contributed by atoms with Crippen molar-refractivity contribution in [3.05, 3.63) is 35.9 Å². The second-order valence-electron chi connectivity index (χ2n) is 9.47. The zero-order valence-electron chi connectivity index (χ0n) is 19.7. The van der Waals surface area contributed by atoms with Gasteiger partial charge in [0.2, 0.25) is 0 Å². The number of aliphatic hydroxyl groups excluding tert-OH is 1. The van der Waals surface area contributed by atoms with Crippen molar-refractivity contribution >= 4 is 11.9 Å². The molecule has 0 aromatic heterocycles. The van der Waals surface area contributed by atoms with Gasteiger partial charge in [-0.3, -0.25) is 9.59 Å². The van der Waals surface area contributed by atoms with Crippen LogP contribution in [0.1, 0.15) is 83.1 Å². The molecule has 2 rings (SSSR count). The molecule has 1 fully saturated rings. The molecule has 1 aliphatic heterocycles. The van der Waals surface area contributed by atoms with Crippen LogP contribution >= 0.6 is 0 Å². The smallest absolute Gasteiger partial charge is 0.326 e. The largest absolute Gasteiger partial charge is 0.481 e. The summed E-state index contributed by atoms with van der Waals surface area (Å²) in [5.74, 6) is -5.20. The molecular formula is C26H39F2NO4. The van der Waals surface area contributed by atoms with Gasteiger partial charge >= 0.3 is 11.9 Å². The van der Waals surface area contributed by atoms with Crippen LogP contribution in [0.25, 0.3) is 0 Å². The van der Waals surface area contributed by atoms with Gasteiger partial charge in [-0.05, 0) is 56.4 Å². The number of halogens is 2. The third-order valence-electron chi connectivity index (χ3n) is 6.72. The number of carboxylic acids is 1. The van der Waals surface area contributed by atoms with Crippen LogP contribution < -0.4 is 0 Å². The Kier molecular flexibility index (Phi) is 11.2. The van der Waals surface area contributed by atoms with Gasteiger partial charge in [0.25, 0.3) is 5.91 Å². The number of hydrogen-bond donors (Lipinski definition) is 2. The lowest BCUT2D eigenvalue weighted by atomic mass is 9.92. The van der Waals surface area contributed by atoms with Gasteiger partial charge in [-0.15, -0.1) is 0 Å². The van der Waals surface area contributed by atoms with E-state index in [-0.39, 0.29) is 18.9 Å². The average molecular weight is 468 g/mol. The molecule has 33 heavy (non-hydrogen) atoms. The molecule has 0 radical (unpaired) electrons. The molecule has 1 heterocycles. The van der Waals surface area contributed by atoms with E-state index in [1.54, 1.807) is 0 Å². The zero-order chi connectivity index (χ0) is 24.3. The van der Waals surface area contributed by atoms with E-state index in [4.69, 9.17) is 5.11 Å². The Labute approximate surface area is 196 Å². The van der Waals surface area contributed by atoms with Crippen LogP contribution in [0.5, 0.6) is 0 Å². The Bertz CT molecular complexity index is 728. The van der Waals surface area contributed by atoms with Gasteiger partial charge in [-0.25, -0.2) is 0 Å². The maximum Gasteiger partial charge on any atom is 0.326 e. The maximum atomic E-state index is 14.1. The van der Waals surface area contributed by atoms with Crippen molar-refractivity contribution in [3.8, 4) is 0 Å². The first-order chi connectivity index (χ1) is 15.7. The molecule has 3 atom stereocenters. The van der Waals surface area contributed by atoms with Crippen LogP contribution in [-0.2, 0) is 16.0 Å². The monoisotopic (exact) mass is 467 g/mol. The molecule has 2 N–H and O–H groups in total. The fourth-order valence-electron chi connectivity index (χ4n) is 4.60. The number of carbonyl (C=O) groups excluding carboxylic acids is 1. The summed E-state index contributed by atoms with van der Waals surface area (Å²) in [6, 6.07) is 9.73. The first kappa shape index (κ1) is 27.2. The number of unbranched alkanes of at least 4 members (excludes halogenated alkanes) is 4. The number of aryl methyl sites for hydroxylation is 1. The van der Waals surface area contributed by atoms with Gasteiger partial charge in [-0.2, -0.15) is 8.78 Å². The number of rotatable bonds is 16. The maximum absolute atomic E-state index is 14.1. The highest BCUT2D eigenvalue weighted by molar-refractivity contribution is 5.86. The van der Waals surface area contributed by atoms with Crippen molar-refractivity contribution in [1.29, 1.82) is 0 Å². The summed E-state index contributed by atoms with van der Waals surface area (Å²) in [6.07, 6.45) is 6.31. The van der Waals surface area contributed by atoms with Crippen LogP contribution in [0.4, 0.5) is 8.78 Å². The first-order valence-electron chi connectivity index (χ1n) is 12.3. The fourth-order valence-corrected chi connectivity index (χ4v) is 4.60. The van der Waals surface area contributed by atoms with Crippen LogP contribution in [-0.4, -0.2) is 51.6 Å². The molecule has 5 nitrogen and oxygen atoms in total. The second kappa shape index (κ2) is 13.6. The summed E-state index contributed by atoms with van der Waals surface area (Å²) in [6.45, 7) is 2.26. The standard InChI is InChI=1S/C26H39F2NO4/c1-20(11-8-9-14-21-12-5-4-6-13-21)23(30)17-16-22-19-26(27,28)25(33)29(22)18-10-3-2-7-15-24(31)32/h4-6,12-13,20,22-23,30H,2-3,7-11,14-19H2,1H3,(H,31,32)/t20-,22?,23+/m0/s1. The minimum absolute atomic E-state index is 0.0843. The molecule has 7 heteroatoms. The molecule has 0 spiro atoms. The van der Waals surface area contributed by atoms with E-state index in [2.05, 4.69) is 12.1 Å². The minimum atomic E-state index is -3.33. The van der Waals surface area contributed by atoms with Crippen LogP contribution in [0.15, 0.2) is 30.3 Å². The van der Waals surface area contributed by atoms with Crippen molar-refractivity contribution < 1.29 is 28.6 Å². The van der Waals surface area contributed by atoms with Crippen LogP contribution in [0, 0.1) is 5.92 Å². The average Bonchev–Trinajstić information content (AvgIpc) is 3.00. The molecule has 1 saturated heterocycles. The SMILES string of the molecule is C[C@@H](CCCCc1ccccc1)[C@H](O)CCC1CC(F)(F)C(=O)N1CCCCCCC(=O)O. The number of carboxylic acid groups (broad SMARTS) is 1. The topological polar surface area (TPSA) is 77.8 Å². The quantitative estimate of drug-likeness (QED) is 0.317. The molecule has 1 aromatic rings. The van der Waals surface area contributed by atoms with E-state index in [0.717, 1.165) is 25.7 Å². The summed E-state index contributed by atoms with van der Waals surface area (Å²) < 4.78 is 28.1. The summed E-state index contributed by atoms with van der Waals surface area (Å²) in [5, 5.41) is 19.2. The van der Waals surface area contributed by atoms with Crippen molar-refractivity contribution in [2.24, 2.45) is 5.92 Å². The fraction of sp³-hybridized carbons (Fsp3) is 0.692. The predicted molar refractivity (Wildman–Crippen MR) is 124 cm³/mol. The Hall–Kier alpha value is -2.02. The number of likely N-dealkylation sites (tertiary alicyclic amines) is 1. The molecule has 0 saturated carbocycles. The third kappa shape index (κ3) is 9.40. The molecule has 1 unspecified atom stereocenters. The predicted octanol–water partition coefficient (Wildman–Crippen LogP) is 5.45. The van der Waals surface area contributed by atoms with Crippen LogP contribution in [0.3, 0.4) is 0 Å². The molecule has 186 valence electrons. The lowest BCUT2D eigenvalue weighted by Crippen LogP contribution is -2.37. The van der Waals surface area contributed by atoms with Crippen LogP contribution in [0.2, 0.25) is 0 Å². The van der Waals surface area contributed by atoms with Crippen molar-refractivity contribution in [2.75, 3.05) is 6.54 Å². The van der Waals surface area contributed by atoms with Gasteiger partial charge in [0.05, 0.1) is 6.10 Å². The number of aliphatic carboxylic acids is 1.